The maximum Gasteiger partial charge on any atom is 0.328 e. The molecule has 2 N–H and O–H groups in total. The normalized spacial score (nSPS) is 16.5. The lowest BCUT2D eigenvalue weighted by Gasteiger charge is -2.36. The van der Waals surface area contributed by atoms with E-state index in [0.717, 1.165) is 32.7 Å². The Morgan fingerprint density at radius 1 is 0.818 bits per heavy atom. The van der Waals surface area contributed by atoms with Crippen molar-refractivity contribution in [2.45, 2.75) is 45.6 Å². The third-order valence-corrected chi connectivity index (χ3v) is 6.21. The lowest BCUT2D eigenvalue weighted by atomic mass is 10.00. The van der Waals surface area contributed by atoms with Crippen LogP contribution in [0.25, 0.3) is 0 Å². The van der Waals surface area contributed by atoms with Crippen LogP contribution >= 0.6 is 0 Å². The van der Waals surface area contributed by atoms with Gasteiger partial charge in [-0.3, -0.25) is 4.90 Å². The molecule has 176 valence electrons. The predicted molar refractivity (Wildman–Crippen MR) is 131 cm³/mol. The van der Waals surface area contributed by atoms with Crippen LogP contribution in [-0.4, -0.2) is 53.2 Å². The topological polar surface area (TPSA) is 81.1 Å². The summed E-state index contributed by atoms with van der Waals surface area (Å²) >= 11 is 0. The number of aliphatic carboxylic acids is 2. The molecule has 1 aliphatic carbocycles. The third kappa shape index (κ3) is 8.06. The molecule has 1 fully saturated rings. The Kier molecular flexibility index (Phi) is 9.07. The number of nitrogens with zero attached hydrogens (tertiary/aromatic N) is 2. The van der Waals surface area contributed by atoms with Gasteiger partial charge in [0.05, 0.1) is 0 Å². The van der Waals surface area contributed by atoms with Gasteiger partial charge in [0.1, 0.15) is 0 Å². The van der Waals surface area contributed by atoms with Crippen molar-refractivity contribution in [3.05, 3.63) is 76.9 Å². The van der Waals surface area contributed by atoms with Crippen molar-refractivity contribution >= 4 is 17.6 Å². The minimum atomic E-state index is -1.26. The van der Waals surface area contributed by atoms with Crippen LogP contribution in [0.4, 0.5) is 5.69 Å². The molecule has 6 heteroatoms. The van der Waals surface area contributed by atoms with E-state index in [1.807, 2.05) is 0 Å². The first-order valence-electron chi connectivity index (χ1n) is 11.7. The molecule has 4 rings (SSSR count). The number of carboxylic acids is 2. The number of carboxylic acid groups (broad SMARTS) is 2. The summed E-state index contributed by atoms with van der Waals surface area (Å²) in [5.74, 6) is -2.51. The molecule has 0 radical (unpaired) electrons. The summed E-state index contributed by atoms with van der Waals surface area (Å²) in [5, 5.41) is 15.6. The van der Waals surface area contributed by atoms with Crippen LogP contribution in [0.1, 0.15) is 41.5 Å². The van der Waals surface area contributed by atoms with E-state index in [2.05, 4.69) is 59.2 Å². The molecule has 0 unspecified atom stereocenters. The number of benzene rings is 2. The van der Waals surface area contributed by atoms with Crippen LogP contribution in [-0.2, 0) is 29.0 Å². The quantitative estimate of drug-likeness (QED) is 0.522. The minimum absolute atomic E-state index is 0.558. The van der Waals surface area contributed by atoms with Crippen molar-refractivity contribution in [2.75, 3.05) is 31.1 Å². The Bertz CT molecular complexity index is 945. The van der Waals surface area contributed by atoms with Gasteiger partial charge in [0.15, 0.2) is 0 Å². The first kappa shape index (κ1) is 24.5. The molecule has 6 nitrogen and oxygen atoms in total. The van der Waals surface area contributed by atoms with Crippen LogP contribution in [0.15, 0.2) is 54.6 Å². The van der Waals surface area contributed by atoms with E-state index in [4.69, 9.17) is 10.2 Å². The molecule has 2 aliphatic rings. The van der Waals surface area contributed by atoms with Crippen LogP contribution in [0, 0.1) is 6.92 Å². The second-order valence-electron chi connectivity index (χ2n) is 8.77. The lowest BCUT2D eigenvalue weighted by Crippen LogP contribution is -2.45. The van der Waals surface area contributed by atoms with Gasteiger partial charge in [-0.2, -0.15) is 0 Å². The fraction of sp³-hybridized carbons (Fsp3) is 0.407. The number of fused-ring (bicyclic) bond motifs is 1. The van der Waals surface area contributed by atoms with Gasteiger partial charge in [-0.25, -0.2) is 9.59 Å². The van der Waals surface area contributed by atoms with Gasteiger partial charge >= 0.3 is 11.9 Å². The molecule has 1 heterocycles. The zero-order valence-corrected chi connectivity index (χ0v) is 19.4. The van der Waals surface area contributed by atoms with Gasteiger partial charge in [0, 0.05) is 50.6 Å². The lowest BCUT2D eigenvalue weighted by molar-refractivity contribution is -0.134. The van der Waals surface area contributed by atoms with Crippen molar-refractivity contribution in [1.29, 1.82) is 0 Å². The largest absolute Gasteiger partial charge is 0.478 e. The highest BCUT2D eigenvalue weighted by molar-refractivity contribution is 5.89. The van der Waals surface area contributed by atoms with Crippen molar-refractivity contribution in [1.82, 2.24) is 4.90 Å². The minimum Gasteiger partial charge on any atom is -0.478 e. The molecule has 1 aliphatic heterocycles. The average molecular weight is 451 g/mol. The Balaban J connectivity index is 0.000000331. The Labute approximate surface area is 196 Å². The first-order chi connectivity index (χ1) is 15.9. The molecule has 0 spiro atoms. The van der Waals surface area contributed by atoms with Gasteiger partial charge in [-0.15, -0.1) is 0 Å². The molecule has 1 saturated heterocycles. The number of piperazine rings is 1. The summed E-state index contributed by atoms with van der Waals surface area (Å²) in [7, 11) is 0. The first-order valence-corrected chi connectivity index (χ1v) is 11.7. The summed E-state index contributed by atoms with van der Waals surface area (Å²) in [4.78, 5) is 24.2. The molecule has 2 aromatic carbocycles. The second kappa shape index (κ2) is 12.2. The summed E-state index contributed by atoms with van der Waals surface area (Å²) in [6.45, 7) is 7.84. The average Bonchev–Trinajstić information content (AvgIpc) is 3.04. The van der Waals surface area contributed by atoms with E-state index in [-0.39, 0.29) is 0 Å². The van der Waals surface area contributed by atoms with Gasteiger partial charge < -0.3 is 15.1 Å². The molecule has 0 saturated carbocycles. The van der Waals surface area contributed by atoms with E-state index >= 15 is 0 Å². The smallest absolute Gasteiger partial charge is 0.328 e. The van der Waals surface area contributed by atoms with Crippen LogP contribution in [0.3, 0.4) is 0 Å². The summed E-state index contributed by atoms with van der Waals surface area (Å²) in [6.07, 6.45) is 7.81. The van der Waals surface area contributed by atoms with E-state index in [1.165, 1.54) is 48.9 Å². The second-order valence-corrected chi connectivity index (χ2v) is 8.77. The number of anilines is 1. The monoisotopic (exact) mass is 450 g/mol. The van der Waals surface area contributed by atoms with Gasteiger partial charge in [-0.1, -0.05) is 42.3 Å². The molecule has 2 aromatic rings. The number of hydrogen-bond acceptors (Lipinski definition) is 4. The van der Waals surface area contributed by atoms with Crippen molar-refractivity contribution in [3.8, 4) is 0 Å². The molecule has 0 atom stereocenters. The third-order valence-electron chi connectivity index (χ3n) is 6.21. The number of hydrogen-bond donors (Lipinski definition) is 2. The highest BCUT2D eigenvalue weighted by atomic mass is 16.4. The number of carbonyl (C=O) groups is 2. The molecule has 0 amide bonds. The van der Waals surface area contributed by atoms with Crippen molar-refractivity contribution in [3.63, 3.8) is 0 Å². The van der Waals surface area contributed by atoms with Crippen molar-refractivity contribution < 1.29 is 19.8 Å². The fourth-order valence-electron chi connectivity index (χ4n) is 4.38. The maximum atomic E-state index is 9.55. The molecule has 0 aromatic heterocycles. The van der Waals surface area contributed by atoms with Crippen molar-refractivity contribution in [2.24, 2.45) is 0 Å². The van der Waals surface area contributed by atoms with Gasteiger partial charge in [-0.05, 0) is 61.4 Å². The molecule has 33 heavy (non-hydrogen) atoms. The number of rotatable bonds is 5. The van der Waals surface area contributed by atoms with Crippen LogP contribution in [0.5, 0.6) is 0 Å². The highest BCUT2D eigenvalue weighted by Crippen LogP contribution is 2.23. The molecular formula is C27H34N2O4. The SMILES string of the molecule is Cc1ccc(N2CCN(Cc3ccc4c(c3)CCCCC4)CC2)cc1.O=C(O)/C=C/C(=O)O. The van der Waals surface area contributed by atoms with Crippen LogP contribution < -0.4 is 4.90 Å². The Morgan fingerprint density at radius 2 is 1.42 bits per heavy atom. The molecular weight excluding hydrogens is 416 g/mol. The Hall–Kier alpha value is -3.12. The van der Waals surface area contributed by atoms with E-state index in [0.29, 0.717) is 12.2 Å². The maximum absolute atomic E-state index is 9.55. The number of aryl methyl sites for hydroxylation is 3. The zero-order chi connectivity index (χ0) is 23.6. The van der Waals surface area contributed by atoms with Crippen LogP contribution in [0.2, 0.25) is 0 Å². The van der Waals surface area contributed by atoms with Gasteiger partial charge in [0.25, 0.3) is 0 Å². The van der Waals surface area contributed by atoms with E-state index in [9.17, 15) is 9.59 Å². The van der Waals surface area contributed by atoms with Gasteiger partial charge in [0.2, 0.25) is 0 Å². The summed E-state index contributed by atoms with van der Waals surface area (Å²) in [6, 6.07) is 16.2. The highest BCUT2D eigenvalue weighted by Gasteiger charge is 2.18. The summed E-state index contributed by atoms with van der Waals surface area (Å²) in [5.41, 5.74) is 7.43. The fourth-order valence-corrected chi connectivity index (χ4v) is 4.38. The van der Waals surface area contributed by atoms with E-state index < -0.39 is 11.9 Å². The Morgan fingerprint density at radius 3 is 2.03 bits per heavy atom. The standard InChI is InChI=1S/C23H30N2.C4H4O4/c1-19-7-11-23(12-8-19)25-15-13-24(14-16-25)18-20-9-10-21-5-3-2-4-6-22(21)17-20;5-3(6)1-2-4(7)8/h7-12,17H,2-6,13-16,18H2,1H3;1-2H,(H,5,6)(H,7,8)/b;2-1+. The summed E-state index contributed by atoms with van der Waals surface area (Å²) < 4.78 is 0. The zero-order valence-electron chi connectivity index (χ0n) is 19.4. The molecule has 0 bridgehead atoms. The van der Waals surface area contributed by atoms with E-state index in [1.54, 1.807) is 11.1 Å². The predicted octanol–water partition coefficient (Wildman–Crippen LogP) is 4.30.